The van der Waals surface area contributed by atoms with Crippen LogP contribution in [0.25, 0.3) is 0 Å². The zero-order valence-corrected chi connectivity index (χ0v) is 22.8. The number of allylic oxidation sites excluding steroid dienone is 1. The molecular formula is C27H20N6O6S2. The third-order valence-electron chi connectivity index (χ3n) is 6.03. The Morgan fingerprint density at radius 3 is 2.41 bits per heavy atom. The van der Waals surface area contributed by atoms with E-state index in [0.29, 0.717) is 27.0 Å². The number of rotatable bonds is 8. The molecule has 3 N–H and O–H groups in total. The van der Waals surface area contributed by atoms with Crippen LogP contribution >= 0.6 is 11.3 Å². The van der Waals surface area contributed by atoms with Gasteiger partial charge in [0, 0.05) is 24.0 Å². The number of hydrogen-bond donors (Lipinski definition) is 2. The van der Waals surface area contributed by atoms with Crippen molar-refractivity contribution >= 4 is 44.1 Å². The molecule has 4 aromatic rings. The maximum absolute atomic E-state index is 11.6. The van der Waals surface area contributed by atoms with E-state index in [9.17, 15) is 23.8 Å². The average Bonchev–Trinajstić information content (AvgIpc) is 3.37. The number of aliphatic imine (C=N–C) groups is 1. The lowest BCUT2D eigenvalue weighted by atomic mass is 9.89. The van der Waals surface area contributed by atoms with Crippen molar-refractivity contribution in [2.75, 3.05) is 12.4 Å². The van der Waals surface area contributed by atoms with Crippen LogP contribution in [0.3, 0.4) is 0 Å². The van der Waals surface area contributed by atoms with E-state index < -0.39 is 20.9 Å². The number of ether oxygens (including phenoxy) is 2. The first-order valence-electron chi connectivity index (χ1n) is 11.8. The van der Waals surface area contributed by atoms with Gasteiger partial charge in [-0.3, -0.25) is 10.1 Å². The molecule has 41 heavy (non-hydrogen) atoms. The highest BCUT2D eigenvalue weighted by Gasteiger charge is 2.35. The summed E-state index contributed by atoms with van der Waals surface area (Å²) in [6.45, 7) is 0. The second-order valence-corrected chi connectivity index (χ2v) is 11.2. The van der Waals surface area contributed by atoms with Gasteiger partial charge in [-0.2, -0.15) is 10.2 Å². The fraction of sp³-hybridized carbons (Fsp3) is 0.0741. The van der Waals surface area contributed by atoms with Gasteiger partial charge in [-0.05, 0) is 59.7 Å². The maximum atomic E-state index is 11.6. The minimum absolute atomic E-state index is 0.0252. The first-order chi connectivity index (χ1) is 19.7. The van der Waals surface area contributed by atoms with Gasteiger partial charge in [0.25, 0.3) is 5.69 Å². The van der Waals surface area contributed by atoms with Crippen LogP contribution in [-0.4, -0.2) is 31.6 Å². The van der Waals surface area contributed by atoms with Crippen LogP contribution in [-0.2, 0) is 10.0 Å². The van der Waals surface area contributed by atoms with Crippen molar-refractivity contribution in [3.8, 4) is 17.7 Å². The maximum Gasteiger partial charge on any atom is 0.269 e. The van der Waals surface area contributed by atoms with E-state index in [0.717, 1.165) is 5.56 Å². The van der Waals surface area contributed by atoms with Gasteiger partial charge < -0.3 is 14.8 Å². The summed E-state index contributed by atoms with van der Waals surface area (Å²) in [4.78, 5) is 20.1. The van der Waals surface area contributed by atoms with Crippen LogP contribution in [0.2, 0.25) is 0 Å². The van der Waals surface area contributed by atoms with E-state index in [2.05, 4.69) is 21.4 Å². The molecule has 1 atom stereocenters. The smallest absolute Gasteiger partial charge is 0.269 e. The molecule has 0 amide bonds. The number of primary sulfonamides is 1. The summed E-state index contributed by atoms with van der Waals surface area (Å²) in [5.41, 5.74) is 2.10. The van der Waals surface area contributed by atoms with Gasteiger partial charge in [-0.25, -0.2) is 18.5 Å². The fourth-order valence-electron chi connectivity index (χ4n) is 4.02. The predicted molar refractivity (Wildman–Crippen MR) is 152 cm³/mol. The molecule has 14 heteroatoms. The van der Waals surface area contributed by atoms with Gasteiger partial charge in [0.2, 0.25) is 21.8 Å². The second-order valence-electron chi connectivity index (χ2n) is 8.63. The van der Waals surface area contributed by atoms with E-state index in [1.54, 1.807) is 31.4 Å². The van der Waals surface area contributed by atoms with E-state index in [4.69, 9.17) is 14.6 Å². The van der Waals surface area contributed by atoms with Gasteiger partial charge in [-0.15, -0.1) is 0 Å². The Bertz CT molecular complexity index is 1830. The second kappa shape index (κ2) is 11.2. The Hall–Kier alpha value is -5.10. The zero-order chi connectivity index (χ0) is 29.1. The molecule has 2 heterocycles. The first-order valence-corrected chi connectivity index (χ1v) is 14.2. The Morgan fingerprint density at radius 2 is 1.83 bits per heavy atom. The number of nitro benzene ring substituents is 1. The number of nitrogens with two attached hydrogens (primary N) is 1. The topological polar surface area (TPSA) is 183 Å². The molecule has 3 aromatic carbocycles. The molecule has 0 radical (unpaired) electrons. The Kier molecular flexibility index (Phi) is 7.49. The molecule has 1 unspecified atom stereocenters. The van der Waals surface area contributed by atoms with Crippen molar-refractivity contribution in [3.05, 3.63) is 110 Å². The normalized spacial score (nSPS) is 14.7. The molecule has 206 valence electrons. The van der Waals surface area contributed by atoms with E-state index >= 15 is 0 Å². The summed E-state index contributed by atoms with van der Waals surface area (Å²) in [6, 6.07) is 21.1. The molecule has 12 nitrogen and oxygen atoms in total. The van der Waals surface area contributed by atoms with Crippen LogP contribution < -0.4 is 19.9 Å². The molecule has 0 saturated heterocycles. The van der Waals surface area contributed by atoms with Gasteiger partial charge >= 0.3 is 0 Å². The summed E-state index contributed by atoms with van der Waals surface area (Å²) in [6.07, 6.45) is 1.45. The van der Waals surface area contributed by atoms with Crippen LogP contribution in [0.4, 0.5) is 16.5 Å². The average molecular weight is 589 g/mol. The first kappa shape index (κ1) is 27.5. The van der Waals surface area contributed by atoms with Crippen LogP contribution in [0, 0.1) is 21.4 Å². The van der Waals surface area contributed by atoms with Crippen molar-refractivity contribution in [1.29, 1.82) is 5.26 Å². The number of nitrogens with one attached hydrogen (secondary N) is 1. The number of non-ortho nitro benzene ring substituents is 1. The molecule has 0 aliphatic carbocycles. The van der Waals surface area contributed by atoms with E-state index in [1.807, 2.05) is 12.1 Å². The number of nitro groups is 1. The molecular weight excluding hydrogens is 568 g/mol. The lowest BCUT2D eigenvalue weighted by Crippen LogP contribution is -2.14. The van der Waals surface area contributed by atoms with E-state index in [-0.39, 0.29) is 27.9 Å². The summed E-state index contributed by atoms with van der Waals surface area (Å²) in [5, 5.41) is 29.9. The van der Waals surface area contributed by atoms with Gasteiger partial charge in [0.15, 0.2) is 5.13 Å². The van der Waals surface area contributed by atoms with Crippen LogP contribution in [0.5, 0.6) is 11.6 Å². The molecule has 1 aromatic heterocycles. The lowest BCUT2D eigenvalue weighted by molar-refractivity contribution is -0.384. The van der Waals surface area contributed by atoms with Gasteiger partial charge in [0.1, 0.15) is 17.4 Å². The predicted octanol–water partition coefficient (Wildman–Crippen LogP) is 4.83. The Balaban J connectivity index is 1.52. The highest BCUT2D eigenvalue weighted by atomic mass is 32.2. The number of fused-ring (bicyclic) bond motifs is 1. The van der Waals surface area contributed by atoms with Gasteiger partial charge in [0.05, 0.1) is 27.7 Å². The van der Waals surface area contributed by atoms with Crippen molar-refractivity contribution in [3.63, 3.8) is 0 Å². The summed E-state index contributed by atoms with van der Waals surface area (Å²) < 4.78 is 34.4. The monoisotopic (exact) mass is 588 g/mol. The number of sulfonamides is 1. The van der Waals surface area contributed by atoms with Crippen LogP contribution in [0.15, 0.2) is 94.1 Å². The third-order valence-corrected chi connectivity index (χ3v) is 7.98. The lowest BCUT2D eigenvalue weighted by Gasteiger charge is -2.22. The van der Waals surface area contributed by atoms with Crippen molar-refractivity contribution in [1.82, 2.24) is 4.98 Å². The zero-order valence-electron chi connectivity index (χ0n) is 21.2. The number of nitriles is 1. The highest BCUT2D eigenvalue weighted by Crippen LogP contribution is 2.48. The highest BCUT2D eigenvalue weighted by molar-refractivity contribution is 7.89. The van der Waals surface area contributed by atoms with E-state index in [1.165, 1.54) is 53.9 Å². The Labute approximate surface area is 238 Å². The van der Waals surface area contributed by atoms with Crippen LogP contribution in [0.1, 0.15) is 21.9 Å². The molecule has 1 aliphatic heterocycles. The number of benzene rings is 3. The molecule has 0 saturated carbocycles. The number of nitrogens with zero attached hydrogens (tertiary/aromatic N) is 4. The Morgan fingerprint density at radius 1 is 1.15 bits per heavy atom. The summed E-state index contributed by atoms with van der Waals surface area (Å²) in [7, 11) is -2.27. The van der Waals surface area contributed by atoms with Gasteiger partial charge in [-0.1, -0.05) is 23.5 Å². The minimum Gasteiger partial charge on any atom is -0.497 e. The van der Waals surface area contributed by atoms with Crippen molar-refractivity contribution in [2.24, 2.45) is 10.1 Å². The molecule has 0 bridgehead atoms. The third kappa shape index (κ3) is 5.92. The standard InChI is InChI=1S/C27H20N6O6S2/c1-38-20-10-4-17(5-11-20)23-22(14-28)25(30-15-16-2-8-19(9-3-16)33(34)35)39-26-24(23)40-27(32-26)31-18-6-12-21(13-7-18)41(29,36)37/h2-13,15,23H,1H3,(H,31,32)(H2,29,36,37). The number of thiazole rings is 1. The number of hydrogen-bond acceptors (Lipinski definition) is 11. The molecule has 0 fully saturated rings. The van der Waals surface area contributed by atoms with Crippen molar-refractivity contribution in [2.45, 2.75) is 10.8 Å². The number of anilines is 2. The summed E-state index contributed by atoms with van der Waals surface area (Å²) >= 11 is 1.27. The molecule has 0 spiro atoms. The SMILES string of the molecule is COc1ccc(C2C(C#N)=C(N=Cc3ccc([N+](=O)[O-])cc3)Oc3nc(Nc4ccc(S(N)(=O)=O)cc4)sc32)cc1. The minimum atomic E-state index is -3.83. The summed E-state index contributed by atoms with van der Waals surface area (Å²) in [5.74, 6) is 0.369. The molecule has 5 rings (SSSR count). The quantitative estimate of drug-likeness (QED) is 0.165. The van der Waals surface area contributed by atoms with Crippen molar-refractivity contribution < 1.29 is 22.8 Å². The fourth-order valence-corrected chi connectivity index (χ4v) is 5.59. The largest absolute Gasteiger partial charge is 0.497 e. The molecule has 1 aliphatic rings. The number of methoxy groups -OCH3 is 1. The number of aromatic nitrogens is 1.